The van der Waals surface area contributed by atoms with E-state index in [1.807, 2.05) is 72.8 Å². The van der Waals surface area contributed by atoms with E-state index in [4.69, 9.17) is 13.9 Å². The zero-order valence-electron chi connectivity index (χ0n) is 17.9. The van der Waals surface area contributed by atoms with Crippen LogP contribution in [0, 0.1) is 0 Å². The number of hydrogen-bond donors (Lipinski definition) is 1. The van der Waals surface area contributed by atoms with Crippen molar-refractivity contribution in [2.24, 2.45) is 0 Å². The molecule has 0 atom stereocenters. The van der Waals surface area contributed by atoms with E-state index in [9.17, 15) is 0 Å². The molecule has 3 aromatic carbocycles. The van der Waals surface area contributed by atoms with E-state index < -0.39 is 0 Å². The summed E-state index contributed by atoms with van der Waals surface area (Å²) in [5.41, 5.74) is 4.15. The minimum Gasteiger partial charge on any atom is -0.489 e. The summed E-state index contributed by atoms with van der Waals surface area (Å²) < 4.78 is 17.5. The Hall–Kier alpha value is -4.79. The summed E-state index contributed by atoms with van der Waals surface area (Å²) in [6, 6.07) is 25.3. The number of tetrazole rings is 1. The van der Waals surface area contributed by atoms with E-state index in [0.29, 0.717) is 36.0 Å². The Balaban J connectivity index is 1.07. The van der Waals surface area contributed by atoms with Gasteiger partial charge in [0.05, 0.1) is 11.2 Å². The summed E-state index contributed by atoms with van der Waals surface area (Å²) in [6.07, 6.45) is 0. The van der Waals surface area contributed by atoms with Gasteiger partial charge in [0.15, 0.2) is 5.58 Å². The molecule has 0 bridgehead atoms. The van der Waals surface area contributed by atoms with Crippen LogP contribution in [0.4, 0.5) is 0 Å². The lowest BCUT2D eigenvalue weighted by Gasteiger charge is -2.09. The topological polar surface area (TPSA) is 112 Å². The molecular formula is C25H18N6O3. The molecule has 0 unspecified atom stereocenters. The molecule has 0 spiro atoms. The van der Waals surface area contributed by atoms with Crippen LogP contribution in [0.3, 0.4) is 0 Å². The summed E-state index contributed by atoms with van der Waals surface area (Å²) in [7, 11) is 0. The van der Waals surface area contributed by atoms with Gasteiger partial charge in [-0.3, -0.25) is 0 Å². The van der Waals surface area contributed by atoms with Crippen molar-refractivity contribution in [1.29, 1.82) is 0 Å². The van der Waals surface area contributed by atoms with Crippen molar-refractivity contribution >= 4 is 22.0 Å². The van der Waals surface area contributed by atoms with E-state index in [1.165, 1.54) is 0 Å². The molecule has 0 aliphatic heterocycles. The van der Waals surface area contributed by atoms with E-state index in [0.717, 1.165) is 33.7 Å². The molecule has 166 valence electrons. The zero-order valence-corrected chi connectivity index (χ0v) is 17.9. The second-order valence-electron chi connectivity index (χ2n) is 7.60. The fourth-order valence-electron chi connectivity index (χ4n) is 3.56. The summed E-state index contributed by atoms with van der Waals surface area (Å²) in [4.78, 5) is 9.05. The van der Waals surface area contributed by atoms with Crippen molar-refractivity contribution in [2.45, 2.75) is 13.2 Å². The molecule has 34 heavy (non-hydrogen) atoms. The van der Waals surface area contributed by atoms with Crippen LogP contribution in [-0.2, 0) is 13.2 Å². The maximum atomic E-state index is 5.92. The summed E-state index contributed by atoms with van der Waals surface area (Å²) >= 11 is 0. The first-order chi connectivity index (χ1) is 16.8. The lowest BCUT2D eigenvalue weighted by molar-refractivity contribution is 0.295. The van der Waals surface area contributed by atoms with Gasteiger partial charge in [-0.25, -0.2) is 9.97 Å². The van der Waals surface area contributed by atoms with Crippen molar-refractivity contribution in [2.75, 3.05) is 0 Å². The Labute approximate surface area is 193 Å². The van der Waals surface area contributed by atoms with Gasteiger partial charge in [-0.15, -0.1) is 10.2 Å². The first-order valence-corrected chi connectivity index (χ1v) is 10.6. The number of pyridine rings is 1. The SMILES string of the molecule is c1ccc2nc(COc3ccc(OCc4ccc5oc(-c6nn[nH]n6)nc5c4)cc3)ccc2c1. The van der Waals surface area contributed by atoms with Crippen LogP contribution >= 0.6 is 0 Å². The van der Waals surface area contributed by atoms with E-state index in [2.05, 4.69) is 36.7 Å². The third-order valence-corrected chi connectivity index (χ3v) is 5.26. The molecule has 9 nitrogen and oxygen atoms in total. The Kier molecular flexibility index (Phi) is 5.04. The Morgan fingerprint density at radius 2 is 1.59 bits per heavy atom. The van der Waals surface area contributed by atoms with Gasteiger partial charge in [0, 0.05) is 5.39 Å². The van der Waals surface area contributed by atoms with Crippen LogP contribution < -0.4 is 9.47 Å². The van der Waals surface area contributed by atoms with Gasteiger partial charge in [-0.05, 0) is 59.3 Å². The number of benzene rings is 3. The van der Waals surface area contributed by atoms with Gasteiger partial charge < -0.3 is 13.9 Å². The predicted molar refractivity (Wildman–Crippen MR) is 124 cm³/mol. The molecule has 0 fully saturated rings. The van der Waals surface area contributed by atoms with Crippen LogP contribution in [0.2, 0.25) is 0 Å². The van der Waals surface area contributed by atoms with Crippen LogP contribution in [0.1, 0.15) is 11.3 Å². The third kappa shape index (κ3) is 4.14. The number of rotatable bonds is 7. The molecule has 0 aliphatic carbocycles. The highest BCUT2D eigenvalue weighted by Crippen LogP contribution is 2.24. The molecule has 9 heteroatoms. The number of fused-ring (bicyclic) bond motifs is 2. The number of H-pyrrole nitrogens is 1. The van der Waals surface area contributed by atoms with Gasteiger partial charge in [-0.1, -0.05) is 30.3 Å². The van der Waals surface area contributed by atoms with Gasteiger partial charge in [-0.2, -0.15) is 5.21 Å². The molecule has 0 radical (unpaired) electrons. The van der Waals surface area contributed by atoms with E-state index >= 15 is 0 Å². The predicted octanol–water partition coefficient (Wildman–Crippen LogP) is 4.71. The minimum atomic E-state index is 0.313. The number of oxazole rings is 1. The first-order valence-electron chi connectivity index (χ1n) is 10.6. The number of para-hydroxylation sites is 1. The molecule has 0 saturated heterocycles. The van der Waals surface area contributed by atoms with E-state index in [-0.39, 0.29) is 0 Å². The fourth-order valence-corrected chi connectivity index (χ4v) is 3.56. The van der Waals surface area contributed by atoms with Gasteiger partial charge in [0.1, 0.15) is 30.2 Å². The third-order valence-electron chi connectivity index (χ3n) is 5.26. The second-order valence-corrected chi connectivity index (χ2v) is 7.60. The van der Waals surface area contributed by atoms with Crippen LogP contribution in [0.5, 0.6) is 11.5 Å². The smallest absolute Gasteiger partial charge is 0.269 e. The van der Waals surface area contributed by atoms with Crippen LogP contribution in [0.15, 0.2) is 83.3 Å². The number of hydrogen-bond acceptors (Lipinski definition) is 8. The van der Waals surface area contributed by atoms with E-state index in [1.54, 1.807) is 0 Å². The first kappa shape index (κ1) is 19.9. The number of ether oxygens (including phenoxy) is 2. The zero-order chi connectivity index (χ0) is 22.7. The molecule has 0 saturated carbocycles. The Morgan fingerprint density at radius 1 is 0.765 bits per heavy atom. The maximum Gasteiger partial charge on any atom is 0.269 e. The number of nitrogens with zero attached hydrogens (tertiary/aromatic N) is 5. The molecule has 0 aliphatic rings. The highest BCUT2D eigenvalue weighted by molar-refractivity contribution is 5.78. The van der Waals surface area contributed by atoms with Crippen LogP contribution in [0.25, 0.3) is 33.7 Å². The molecule has 6 rings (SSSR count). The summed E-state index contributed by atoms with van der Waals surface area (Å²) in [5, 5.41) is 14.8. The molecule has 0 amide bonds. The average molecular weight is 450 g/mol. The molecule has 3 aromatic heterocycles. The summed E-state index contributed by atoms with van der Waals surface area (Å²) in [5.74, 6) is 2.12. The van der Waals surface area contributed by atoms with Gasteiger partial charge in [0.25, 0.3) is 11.7 Å². The van der Waals surface area contributed by atoms with Crippen molar-refractivity contribution < 1.29 is 13.9 Å². The molecular weight excluding hydrogens is 432 g/mol. The van der Waals surface area contributed by atoms with Gasteiger partial charge >= 0.3 is 0 Å². The second kappa shape index (κ2) is 8.62. The minimum absolute atomic E-state index is 0.313. The lowest BCUT2D eigenvalue weighted by atomic mass is 10.2. The number of aromatic nitrogens is 6. The lowest BCUT2D eigenvalue weighted by Crippen LogP contribution is -1.99. The normalized spacial score (nSPS) is 11.2. The summed E-state index contributed by atoms with van der Waals surface area (Å²) in [6.45, 7) is 0.788. The van der Waals surface area contributed by atoms with Crippen molar-refractivity contribution in [1.82, 2.24) is 30.6 Å². The Bertz CT molecular complexity index is 1560. The quantitative estimate of drug-likeness (QED) is 0.372. The average Bonchev–Trinajstić information content (AvgIpc) is 3.56. The highest BCUT2D eigenvalue weighted by Gasteiger charge is 2.12. The largest absolute Gasteiger partial charge is 0.489 e. The molecule has 1 N–H and O–H groups in total. The standard InChI is InChI=1S/C25H18N6O3/c1-2-4-21-17(3-1)6-7-18(26-21)15-33-20-10-8-19(9-11-20)32-14-16-5-12-23-22(13-16)27-25(34-23)24-28-30-31-29-24/h1-13H,14-15H2,(H,28,29,30,31). The monoisotopic (exact) mass is 450 g/mol. The number of aromatic amines is 1. The van der Waals surface area contributed by atoms with Gasteiger partial charge in [0.2, 0.25) is 0 Å². The van der Waals surface area contributed by atoms with Crippen molar-refractivity contribution in [3.63, 3.8) is 0 Å². The number of nitrogens with one attached hydrogen (secondary N) is 1. The molecule has 6 aromatic rings. The van der Waals surface area contributed by atoms with Crippen molar-refractivity contribution in [3.05, 3.63) is 90.1 Å². The van der Waals surface area contributed by atoms with Crippen molar-refractivity contribution in [3.8, 4) is 23.2 Å². The highest BCUT2D eigenvalue weighted by atomic mass is 16.5. The maximum absolute atomic E-state index is 5.92. The molecule has 3 heterocycles. The van der Waals surface area contributed by atoms with Crippen LogP contribution in [-0.4, -0.2) is 30.6 Å². The Morgan fingerprint density at radius 3 is 2.41 bits per heavy atom. The fraction of sp³-hybridized carbons (Fsp3) is 0.0800.